The molecule has 156 valence electrons. The molecule has 1 fully saturated rings. The Morgan fingerprint density at radius 1 is 1.31 bits per heavy atom. The average molecular weight is 438 g/mol. The third-order valence-corrected chi connectivity index (χ3v) is 5.83. The number of benzene rings is 1. The van der Waals surface area contributed by atoms with E-state index in [9.17, 15) is 15.0 Å². The molecular weight excluding hydrogens is 413 g/mol. The van der Waals surface area contributed by atoms with Crippen LogP contribution in [0.15, 0.2) is 30.5 Å². The van der Waals surface area contributed by atoms with E-state index in [4.69, 9.17) is 23.2 Å². The molecule has 0 saturated carbocycles. The number of pyridine rings is 1. The number of rotatable bonds is 5. The molecule has 1 aromatic heterocycles. The molecule has 1 aromatic carbocycles. The lowest BCUT2D eigenvalue weighted by Gasteiger charge is -2.28. The van der Waals surface area contributed by atoms with Crippen LogP contribution < -0.4 is 9.80 Å². The summed E-state index contributed by atoms with van der Waals surface area (Å²) in [5.41, 5.74) is 2.00. The van der Waals surface area contributed by atoms with E-state index >= 15 is 0 Å². The van der Waals surface area contributed by atoms with Crippen molar-refractivity contribution < 1.29 is 15.0 Å². The zero-order chi connectivity index (χ0) is 21.3. The van der Waals surface area contributed by atoms with Crippen LogP contribution >= 0.6 is 23.2 Å². The lowest BCUT2D eigenvalue weighted by atomic mass is 10.0. The standard InChI is InChI=1S/C21H25Cl2N3O3/c1-12(2)21(29)25(3)17-10-24-20(26-7-6-19(28)18(26)11-27)9-15(17)14-8-13(22)4-5-16(14)23/h4-5,8-10,12,18-19,27-28H,6-7,11H2,1-3H3. The number of halogens is 2. The summed E-state index contributed by atoms with van der Waals surface area (Å²) < 4.78 is 0. The van der Waals surface area contributed by atoms with Crippen molar-refractivity contribution in [1.29, 1.82) is 0 Å². The van der Waals surface area contributed by atoms with E-state index in [0.29, 0.717) is 45.6 Å². The van der Waals surface area contributed by atoms with Gasteiger partial charge in [-0.05, 0) is 30.7 Å². The van der Waals surface area contributed by atoms with Gasteiger partial charge in [0, 0.05) is 40.7 Å². The molecule has 1 amide bonds. The average Bonchev–Trinajstić information content (AvgIpc) is 3.08. The molecule has 1 aliphatic heterocycles. The summed E-state index contributed by atoms with van der Waals surface area (Å²) in [6.07, 6.45) is 1.56. The molecule has 29 heavy (non-hydrogen) atoms. The topological polar surface area (TPSA) is 76.9 Å². The Bertz CT molecular complexity index is 907. The Balaban J connectivity index is 2.15. The van der Waals surface area contributed by atoms with Gasteiger partial charge < -0.3 is 20.0 Å². The van der Waals surface area contributed by atoms with Crippen LogP contribution in [0.2, 0.25) is 10.0 Å². The predicted octanol–water partition coefficient (Wildman–Crippen LogP) is 3.61. The second kappa shape index (κ2) is 8.88. The van der Waals surface area contributed by atoms with Gasteiger partial charge in [0.05, 0.1) is 30.6 Å². The molecular formula is C21H25Cl2N3O3. The van der Waals surface area contributed by atoms with Crippen molar-refractivity contribution in [3.63, 3.8) is 0 Å². The Morgan fingerprint density at radius 2 is 2.03 bits per heavy atom. The third kappa shape index (κ3) is 4.36. The van der Waals surface area contributed by atoms with Gasteiger partial charge in [0.2, 0.25) is 5.91 Å². The maximum absolute atomic E-state index is 12.6. The first-order valence-electron chi connectivity index (χ1n) is 9.53. The minimum absolute atomic E-state index is 0.0521. The van der Waals surface area contributed by atoms with Crippen LogP contribution in [0.4, 0.5) is 11.5 Å². The highest BCUT2D eigenvalue weighted by atomic mass is 35.5. The highest BCUT2D eigenvalue weighted by Crippen LogP contribution is 2.39. The fourth-order valence-corrected chi connectivity index (χ4v) is 4.02. The number of hydrogen-bond donors (Lipinski definition) is 2. The van der Waals surface area contributed by atoms with Crippen LogP contribution in [0, 0.1) is 5.92 Å². The molecule has 1 aliphatic rings. The monoisotopic (exact) mass is 437 g/mol. The van der Waals surface area contributed by atoms with Gasteiger partial charge in [-0.15, -0.1) is 0 Å². The zero-order valence-electron chi connectivity index (χ0n) is 16.6. The van der Waals surface area contributed by atoms with Crippen molar-refractivity contribution in [2.75, 3.05) is 30.0 Å². The number of anilines is 2. The molecule has 2 unspecified atom stereocenters. The molecule has 6 nitrogen and oxygen atoms in total. The first-order valence-corrected chi connectivity index (χ1v) is 10.3. The Kier molecular flexibility index (Phi) is 6.69. The highest BCUT2D eigenvalue weighted by Gasteiger charge is 2.33. The number of carbonyl (C=O) groups excluding carboxylic acids is 1. The Labute approximate surface area is 180 Å². The lowest BCUT2D eigenvalue weighted by Crippen LogP contribution is -2.38. The molecule has 2 N–H and O–H groups in total. The van der Waals surface area contributed by atoms with Gasteiger partial charge in [0.25, 0.3) is 0 Å². The summed E-state index contributed by atoms with van der Waals surface area (Å²) in [7, 11) is 1.71. The second-order valence-electron chi connectivity index (χ2n) is 7.54. The Morgan fingerprint density at radius 3 is 2.69 bits per heavy atom. The molecule has 1 saturated heterocycles. The van der Waals surface area contributed by atoms with Crippen LogP contribution in [0.1, 0.15) is 20.3 Å². The van der Waals surface area contributed by atoms with E-state index in [2.05, 4.69) is 4.98 Å². The molecule has 0 spiro atoms. The normalized spacial score (nSPS) is 19.1. The number of amides is 1. The molecule has 2 aromatic rings. The predicted molar refractivity (Wildman–Crippen MR) is 117 cm³/mol. The fraction of sp³-hybridized carbons (Fsp3) is 0.429. The van der Waals surface area contributed by atoms with Crippen molar-refractivity contribution in [1.82, 2.24) is 4.98 Å². The van der Waals surface area contributed by atoms with Gasteiger partial charge in [-0.25, -0.2) is 4.98 Å². The minimum atomic E-state index is -0.620. The molecule has 2 atom stereocenters. The summed E-state index contributed by atoms with van der Waals surface area (Å²) in [4.78, 5) is 20.6. The van der Waals surface area contributed by atoms with E-state index in [-0.39, 0.29) is 18.4 Å². The van der Waals surface area contributed by atoms with Gasteiger partial charge in [-0.3, -0.25) is 4.79 Å². The van der Waals surface area contributed by atoms with E-state index in [1.54, 1.807) is 36.3 Å². The van der Waals surface area contributed by atoms with Crippen molar-refractivity contribution in [2.24, 2.45) is 5.92 Å². The quantitative estimate of drug-likeness (QED) is 0.746. The lowest BCUT2D eigenvalue weighted by molar-refractivity contribution is -0.121. The van der Waals surface area contributed by atoms with Crippen LogP contribution in [0.5, 0.6) is 0 Å². The van der Waals surface area contributed by atoms with Gasteiger partial charge in [0.15, 0.2) is 0 Å². The smallest absolute Gasteiger partial charge is 0.229 e. The number of aliphatic hydroxyl groups excluding tert-OH is 2. The van der Waals surface area contributed by atoms with Gasteiger partial charge in [-0.2, -0.15) is 0 Å². The largest absolute Gasteiger partial charge is 0.394 e. The third-order valence-electron chi connectivity index (χ3n) is 5.26. The molecule has 2 heterocycles. The number of aromatic nitrogens is 1. The number of aliphatic hydroxyl groups is 2. The van der Waals surface area contributed by atoms with Crippen LogP contribution in [0.3, 0.4) is 0 Å². The van der Waals surface area contributed by atoms with Gasteiger partial charge in [0.1, 0.15) is 5.82 Å². The van der Waals surface area contributed by atoms with Gasteiger partial charge >= 0.3 is 0 Å². The van der Waals surface area contributed by atoms with E-state index < -0.39 is 12.1 Å². The van der Waals surface area contributed by atoms with Crippen LogP contribution in [0.25, 0.3) is 11.1 Å². The summed E-state index contributed by atoms with van der Waals surface area (Å²) in [5, 5.41) is 20.9. The van der Waals surface area contributed by atoms with Crippen molar-refractivity contribution in [2.45, 2.75) is 32.4 Å². The minimum Gasteiger partial charge on any atom is -0.394 e. The number of nitrogens with zero attached hydrogens (tertiary/aromatic N) is 3. The first kappa shape index (κ1) is 21.8. The van der Waals surface area contributed by atoms with Crippen molar-refractivity contribution in [3.05, 3.63) is 40.5 Å². The maximum atomic E-state index is 12.6. The van der Waals surface area contributed by atoms with Crippen LogP contribution in [-0.2, 0) is 4.79 Å². The van der Waals surface area contributed by atoms with E-state index in [1.165, 1.54) is 0 Å². The molecule has 3 rings (SSSR count). The molecule has 0 radical (unpaired) electrons. The van der Waals surface area contributed by atoms with Crippen molar-refractivity contribution in [3.8, 4) is 11.1 Å². The maximum Gasteiger partial charge on any atom is 0.229 e. The molecule has 0 aliphatic carbocycles. The summed E-state index contributed by atoms with van der Waals surface area (Å²) in [6, 6.07) is 6.58. The summed E-state index contributed by atoms with van der Waals surface area (Å²) in [5.74, 6) is 0.361. The SMILES string of the molecule is CC(C)C(=O)N(C)c1cnc(N2CCC(O)C2CO)cc1-c1cc(Cl)ccc1Cl. The number of carbonyl (C=O) groups is 1. The fourth-order valence-electron chi connectivity index (χ4n) is 3.63. The van der Waals surface area contributed by atoms with E-state index in [1.807, 2.05) is 24.8 Å². The van der Waals surface area contributed by atoms with Gasteiger partial charge in [-0.1, -0.05) is 37.0 Å². The Hall–Kier alpha value is -1.86. The zero-order valence-corrected chi connectivity index (χ0v) is 18.2. The van der Waals surface area contributed by atoms with Crippen molar-refractivity contribution >= 4 is 40.6 Å². The van der Waals surface area contributed by atoms with Crippen LogP contribution in [-0.4, -0.2) is 53.4 Å². The second-order valence-corrected chi connectivity index (χ2v) is 8.38. The first-order chi connectivity index (χ1) is 13.7. The molecule has 8 heteroatoms. The summed E-state index contributed by atoms with van der Waals surface area (Å²) >= 11 is 12.7. The molecule has 0 bridgehead atoms. The highest BCUT2D eigenvalue weighted by molar-refractivity contribution is 6.35. The number of hydrogen-bond acceptors (Lipinski definition) is 5. The summed E-state index contributed by atoms with van der Waals surface area (Å²) in [6.45, 7) is 4.07. The van der Waals surface area contributed by atoms with E-state index in [0.717, 1.165) is 0 Å².